The van der Waals surface area contributed by atoms with Crippen molar-refractivity contribution in [3.63, 3.8) is 0 Å². The molecule has 3 aromatic rings. The Kier molecular flexibility index (Phi) is 3.63. The van der Waals surface area contributed by atoms with Crippen LogP contribution in [-0.2, 0) is 0 Å². The number of halogens is 1. The van der Waals surface area contributed by atoms with Gasteiger partial charge >= 0.3 is 0 Å². The van der Waals surface area contributed by atoms with E-state index in [4.69, 9.17) is 11.6 Å². The van der Waals surface area contributed by atoms with Gasteiger partial charge in [-0.25, -0.2) is 14.6 Å². The fourth-order valence-corrected chi connectivity index (χ4v) is 4.33. The molecule has 2 aliphatic heterocycles. The fraction of sp³-hybridized carbons (Fsp3) is 0.333. The van der Waals surface area contributed by atoms with E-state index >= 15 is 0 Å². The van der Waals surface area contributed by atoms with Crippen molar-refractivity contribution in [2.75, 3.05) is 16.9 Å². The van der Waals surface area contributed by atoms with E-state index in [9.17, 15) is 9.59 Å². The highest BCUT2D eigenvalue weighted by Gasteiger charge is 2.43. The van der Waals surface area contributed by atoms with Gasteiger partial charge in [-0.15, -0.1) is 0 Å². The van der Waals surface area contributed by atoms with Crippen LogP contribution in [-0.4, -0.2) is 37.7 Å². The summed E-state index contributed by atoms with van der Waals surface area (Å²) in [6.45, 7) is 2.58. The lowest BCUT2D eigenvalue weighted by molar-refractivity contribution is 0.0800. The SMILES string of the molecule is CC12CCCCN1n1c(c(Cl)cc(Nc3ncnc4[nH]ccc34)c1=O)C(=O)N2. The van der Waals surface area contributed by atoms with Crippen LogP contribution in [0.5, 0.6) is 0 Å². The standard InChI is InChI=1S/C18H18ClN7O2/c1-18-5-2-3-7-25(18)26-13(16(27)24-18)11(19)8-12(17(26)28)23-15-10-4-6-20-14(10)21-9-22-15/h4,6,8-9H,2-3,5,7H2,1H3,(H,24,27)(H2,20,21,22,23). The molecule has 2 aliphatic rings. The molecular weight excluding hydrogens is 382 g/mol. The zero-order chi connectivity index (χ0) is 19.5. The van der Waals surface area contributed by atoms with E-state index in [0.29, 0.717) is 18.0 Å². The summed E-state index contributed by atoms with van der Waals surface area (Å²) in [5.41, 5.74) is 0.106. The number of aromatic amines is 1. The number of hydrogen-bond acceptors (Lipinski definition) is 6. The number of aromatic nitrogens is 4. The number of nitrogens with one attached hydrogen (secondary N) is 3. The molecule has 1 atom stereocenters. The summed E-state index contributed by atoms with van der Waals surface area (Å²) in [5, 5.41) is 8.93. The van der Waals surface area contributed by atoms with Crippen molar-refractivity contribution in [3.8, 4) is 0 Å². The van der Waals surface area contributed by atoms with Gasteiger partial charge in [0, 0.05) is 12.7 Å². The molecule has 10 heteroatoms. The van der Waals surface area contributed by atoms with Gasteiger partial charge in [-0.1, -0.05) is 11.6 Å². The summed E-state index contributed by atoms with van der Waals surface area (Å²) in [7, 11) is 0. The minimum Gasteiger partial charge on any atom is -0.346 e. The lowest BCUT2D eigenvalue weighted by atomic mass is 9.97. The van der Waals surface area contributed by atoms with Gasteiger partial charge in [0.25, 0.3) is 11.5 Å². The van der Waals surface area contributed by atoms with Gasteiger partial charge in [-0.3, -0.25) is 14.6 Å². The van der Waals surface area contributed by atoms with E-state index in [1.165, 1.54) is 17.1 Å². The van der Waals surface area contributed by atoms with Gasteiger partial charge in [0.05, 0.1) is 10.4 Å². The van der Waals surface area contributed by atoms with Crippen LogP contribution in [0.3, 0.4) is 0 Å². The average Bonchev–Trinajstić information content (AvgIpc) is 3.14. The maximum atomic E-state index is 13.4. The Morgan fingerprint density at radius 1 is 1.29 bits per heavy atom. The highest BCUT2D eigenvalue weighted by Crippen LogP contribution is 2.31. The zero-order valence-corrected chi connectivity index (χ0v) is 15.9. The van der Waals surface area contributed by atoms with Gasteiger partial charge in [0.1, 0.15) is 34.8 Å². The van der Waals surface area contributed by atoms with Crippen molar-refractivity contribution in [3.05, 3.63) is 45.7 Å². The second kappa shape index (κ2) is 5.96. The van der Waals surface area contributed by atoms with Crippen LogP contribution in [0.4, 0.5) is 11.5 Å². The minimum atomic E-state index is -0.614. The summed E-state index contributed by atoms with van der Waals surface area (Å²) in [5.74, 6) is 0.144. The molecule has 5 heterocycles. The number of hydrogen-bond donors (Lipinski definition) is 3. The molecule has 144 valence electrons. The van der Waals surface area contributed by atoms with E-state index < -0.39 is 5.66 Å². The van der Waals surface area contributed by atoms with Crippen LogP contribution < -0.4 is 21.2 Å². The molecular formula is C18H18ClN7O2. The van der Waals surface area contributed by atoms with E-state index in [0.717, 1.165) is 24.6 Å². The van der Waals surface area contributed by atoms with Gasteiger partial charge in [0.2, 0.25) is 0 Å². The van der Waals surface area contributed by atoms with Gasteiger partial charge < -0.3 is 15.6 Å². The predicted octanol–water partition coefficient (Wildman–Crippen LogP) is 2.10. The maximum Gasteiger partial charge on any atom is 0.293 e. The molecule has 1 unspecified atom stereocenters. The topological polar surface area (TPSA) is 108 Å². The van der Waals surface area contributed by atoms with E-state index in [-0.39, 0.29) is 27.9 Å². The van der Waals surface area contributed by atoms with E-state index in [1.54, 1.807) is 6.20 Å². The van der Waals surface area contributed by atoms with Crippen molar-refractivity contribution in [1.29, 1.82) is 0 Å². The molecule has 1 fully saturated rings. The van der Waals surface area contributed by atoms with Gasteiger partial charge in [-0.2, -0.15) is 0 Å². The van der Waals surface area contributed by atoms with E-state index in [2.05, 4.69) is 25.6 Å². The smallest absolute Gasteiger partial charge is 0.293 e. The number of carbonyl (C=O) groups is 1. The first-order chi connectivity index (χ1) is 13.5. The van der Waals surface area contributed by atoms with Crippen molar-refractivity contribution < 1.29 is 4.79 Å². The number of nitrogens with zero attached hydrogens (tertiary/aromatic N) is 4. The van der Waals surface area contributed by atoms with Crippen LogP contribution in [0.2, 0.25) is 5.02 Å². The third kappa shape index (κ3) is 2.39. The molecule has 28 heavy (non-hydrogen) atoms. The Bertz CT molecular complexity index is 1170. The van der Waals surface area contributed by atoms with Crippen LogP contribution in [0.25, 0.3) is 11.0 Å². The first kappa shape index (κ1) is 17.1. The monoisotopic (exact) mass is 399 g/mol. The second-order valence-electron chi connectivity index (χ2n) is 7.27. The Morgan fingerprint density at radius 2 is 2.14 bits per heavy atom. The first-order valence-corrected chi connectivity index (χ1v) is 9.47. The Morgan fingerprint density at radius 3 is 3.00 bits per heavy atom. The third-order valence-electron chi connectivity index (χ3n) is 5.43. The molecule has 1 saturated heterocycles. The number of anilines is 2. The number of carbonyl (C=O) groups excluding carboxylic acids is 1. The molecule has 0 aromatic carbocycles. The molecule has 9 nitrogen and oxygen atoms in total. The average molecular weight is 400 g/mol. The van der Waals surface area contributed by atoms with Crippen molar-refractivity contribution in [1.82, 2.24) is 24.9 Å². The number of H-pyrrole nitrogens is 1. The molecule has 0 bridgehead atoms. The molecule has 3 aromatic heterocycles. The van der Waals surface area contributed by atoms with Gasteiger partial charge in [-0.05, 0) is 38.3 Å². The number of amides is 1. The molecule has 0 radical (unpaired) electrons. The molecule has 0 spiro atoms. The molecule has 5 rings (SSSR count). The molecule has 3 N–H and O–H groups in total. The second-order valence-corrected chi connectivity index (χ2v) is 7.67. The summed E-state index contributed by atoms with van der Waals surface area (Å²) in [4.78, 5) is 37.5. The number of pyridine rings is 1. The van der Waals surface area contributed by atoms with Crippen molar-refractivity contribution in [2.45, 2.75) is 31.8 Å². The molecule has 1 amide bonds. The van der Waals surface area contributed by atoms with Crippen molar-refractivity contribution >= 4 is 40.0 Å². The van der Waals surface area contributed by atoms with Gasteiger partial charge in [0.15, 0.2) is 0 Å². The normalized spacial score (nSPS) is 21.2. The fourth-order valence-electron chi connectivity index (χ4n) is 4.06. The predicted molar refractivity (Wildman–Crippen MR) is 106 cm³/mol. The highest BCUT2D eigenvalue weighted by molar-refractivity contribution is 6.34. The highest BCUT2D eigenvalue weighted by atomic mass is 35.5. The summed E-state index contributed by atoms with van der Waals surface area (Å²) in [6, 6.07) is 3.30. The summed E-state index contributed by atoms with van der Waals surface area (Å²) >= 11 is 6.43. The Balaban J connectivity index is 1.67. The number of rotatable bonds is 2. The maximum absolute atomic E-state index is 13.4. The summed E-state index contributed by atoms with van der Waals surface area (Å²) in [6.07, 6.45) is 5.84. The first-order valence-electron chi connectivity index (χ1n) is 9.09. The zero-order valence-electron chi connectivity index (χ0n) is 15.1. The summed E-state index contributed by atoms with van der Waals surface area (Å²) < 4.78 is 1.41. The third-order valence-corrected chi connectivity index (χ3v) is 5.72. The largest absolute Gasteiger partial charge is 0.346 e. The molecule has 0 saturated carbocycles. The molecule has 0 aliphatic carbocycles. The number of fused-ring (bicyclic) bond motifs is 4. The Labute approximate surface area is 164 Å². The van der Waals surface area contributed by atoms with Crippen molar-refractivity contribution in [2.24, 2.45) is 0 Å². The number of piperidine rings is 1. The lowest BCUT2D eigenvalue weighted by Crippen LogP contribution is -2.71. The van der Waals surface area contributed by atoms with Crippen LogP contribution in [0, 0.1) is 0 Å². The Hall–Kier alpha value is -3.07. The quantitative estimate of drug-likeness (QED) is 0.609. The van der Waals surface area contributed by atoms with Crippen LogP contribution >= 0.6 is 11.6 Å². The van der Waals surface area contributed by atoms with Crippen LogP contribution in [0.15, 0.2) is 29.5 Å². The van der Waals surface area contributed by atoms with Crippen LogP contribution in [0.1, 0.15) is 36.7 Å². The lowest BCUT2D eigenvalue weighted by Gasteiger charge is -2.50. The minimum absolute atomic E-state index is 0.158. The van der Waals surface area contributed by atoms with E-state index in [1.807, 2.05) is 18.0 Å².